The molecule has 0 aromatic heterocycles. The largest absolute Gasteiger partial charge is 0.480 e. The molecular weight excluding hydrogens is 228 g/mol. The second-order valence-corrected chi connectivity index (χ2v) is 3.87. The normalized spacial score (nSPS) is 22.0. The van der Waals surface area contributed by atoms with Crippen LogP contribution in [-0.4, -0.2) is 65.6 Å². The van der Waals surface area contributed by atoms with Crippen LogP contribution in [0.3, 0.4) is 0 Å². The lowest BCUT2D eigenvalue weighted by Gasteiger charge is -2.33. The van der Waals surface area contributed by atoms with Crippen LogP contribution in [0.4, 0.5) is 4.79 Å². The van der Waals surface area contributed by atoms with Gasteiger partial charge in [-0.15, -0.1) is 0 Å². The number of carbonyl (C=O) groups excluding carboxylic acids is 1. The highest BCUT2D eigenvalue weighted by molar-refractivity contribution is 5.82. The number of morpholine rings is 1. The van der Waals surface area contributed by atoms with Gasteiger partial charge in [0, 0.05) is 13.1 Å². The van der Waals surface area contributed by atoms with Crippen molar-refractivity contribution in [3.8, 4) is 0 Å². The molecular formula is C10H18N2O5. The van der Waals surface area contributed by atoms with E-state index in [1.165, 1.54) is 4.90 Å². The maximum Gasteiger partial charge on any atom is 0.328 e. The number of aliphatic hydroxyl groups is 1. The molecule has 1 aliphatic rings. The molecule has 2 unspecified atom stereocenters. The second kappa shape index (κ2) is 6.41. The number of aliphatic hydroxyl groups excluding tert-OH is 1. The molecule has 17 heavy (non-hydrogen) atoms. The molecule has 0 aromatic carbocycles. The molecule has 0 saturated carbocycles. The Morgan fingerprint density at radius 1 is 1.59 bits per heavy atom. The number of hydrogen-bond donors (Lipinski definition) is 3. The van der Waals surface area contributed by atoms with Crippen molar-refractivity contribution in [3.63, 3.8) is 0 Å². The minimum atomic E-state index is -1.26. The second-order valence-electron chi connectivity index (χ2n) is 3.87. The monoisotopic (exact) mass is 246 g/mol. The molecule has 1 fully saturated rings. The van der Waals surface area contributed by atoms with Gasteiger partial charge in [0.1, 0.15) is 0 Å². The van der Waals surface area contributed by atoms with Crippen molar-refractivity contribution < 1.29 is 24.5 Å². The van der Waals surface area contributed by atoms with Crippen molar-refractivity contribution in [1.29, 1.82) is 0 Å². The first-order valence-corrected chi connectivity index (χ1v) is 5.59. The Morgan fingerprint density at radius 2 is 2.29 bits per heavy atom. The van der Waals surface area contributed by atoms with Gasteiger partial charge in [-0.25, -0.2) is 9.59 Å². The average molecular weight is 246 g/mol. The van der Waals surface area contributed by atoms with E-state index in [2.05, 4.69) is 5.32 Å². The van der Waals surface area contributed by atoms with Gasteiger partial charge in [0.25, 0.3) is 0 Å². The predicted octanol–water partition coefficient (Wildman–Crippen LogP) is -0.748. The van der Waals surface area contributed by atoms with Crippen LogP contribution >= 0.6 is 0 Å². The molecule has 0 radical (unpaired) electrons. The maximum absolute atomic E-state index is 11.7. The van der Waals surface area contributed by atoms with E-state index in [4.69, 9.17) is 14.9 Å². The lowest BCUT2D eigenvalue weighted by Crippen LogP contribution is -2.54. The summed E-state index contributed by atoms with van der Waals surface area (Å²) in [6.45, 7) is 2.66. The lowest BCUT2D eigenvalue weighted by molar-refractivity contribution is -0.140. The molecule has 1 rings (SSSR count). The summed E-state index contributed by atoms with van der Waals surface area (Å²) >= 11 is 0. The third-order valence-electron chi connectivity index (χ3n) is 2.66. The Labute approximate surface area is 99.4 Å². The van der Waals surface area contributed by atoms with Crippen molar-refractivity contribution in [2.75, 3.05) is 26.3 Å². The van der Waals surface area contributed by atoms with Crippen LogP contribution in [0.5, 0.6) is 0 Å². The molecule has 7 heteroatoms. The number of carbonyl (C=O) groups is 2. The molecule has 98 valence electrons. The highest BCUT2D eigenvalue weighted by atomic mass is 16.5. The number of amides is 2. The van der Waals surface area contributed by atoms with Crippen molar-refractivity contribution >= 4 is 12.0 Å². The molecule has 2 atom stereocenters. The Hall–Kier alpha value is -1.34. The highest BCUT2D eigenvalue weighted by Crippen LogP contribution is 2.08. The average Bonchev–Trinajstić information content (AvgIpc) is 2.35. The molecule has 2 amide bonds. The van der Waals surface area contributed by atoms with Crippen LogP contribution in [-0.2, 0) is 9.53 Å². The van der Waals surface area contributed by atoms with E-state index in [-0.39, 0.29) is 6.10 Å². The van der Waals surface area contributed by atoms with Crippen LogP contribution in [0.25, 0.3) is 0 Å². The Bertz CT molecular complexity index is 284. The first-order valence-electron chi connectivity index (χ1n) is 5.59. The molecule has 1 saturated heterocycles. The van der Waals surface area contributed by atoms with E-state index in [0.29, 0.717) is 19.7 Å². The number of hydrogen-bond acceptors (Lipinski definition) is 4. The van der Waals surface area contributed by atoms with Crippen LogP contribution in [0, 0.1) is 0 Å². The number of carboxylic acids is 1. The van der Waals surface area contributed by atoms with E-state index in [0.717, 1.165) is 6.42 Å². The third kappa shape index (κ3) is 3.86. The van der Waals surface area contributed by atoms with E-state index >= 15 is 0 Å². The van der Waals surface area contributed by atoms with Gasteiger partial charge in [0.15, 0.2) is 6.04 Å². The summed E-state index contributed by atoms with van der Waals surface area (Å²) < 4.78 is 5.40. The molecule has 1 heterocycles. The Balaban J connectivity index is 2.48. The molecule has 0 aromatic rings. The number of nitrogens with zero attached hydrogens (tertiary/aromatic N) is 1. The Morgan fingerprint density at radius 3 is 2.82 bits per heavy atom. The van der Waals surface area contributed by atoms with E-state index in [1.54, 1.807) is 0 Å². The zero-order valence-electron chi connectivity index (χ0n) is 9.76. The number of rotatable bonds is 4. The summed E-state index contributed by atoms with van der Waals surface area (Å²) in [4.78, 5) is 23.9. The maximum atomic E-state index is 11.7. The minimum Gasteiger partial charge on any atom is -0.480 e. The topological polar surface area (TPSA) is 99.1 Å². The van der Waals surface area contributed by atoms with E-state index in [1.807, 2.05) is 6.92 Å². The van der Waals surface area contributed by atoms with Crippen LogP contribution in [0.15, 0.2) is 0 Å². The number of aliphatic carboxylic acids is 1. The molecule has 3 N–H and O–H groups in total. The summed E-state index contributed by atoms with van der Waals surface area (Å²) in [6.07, 6.45) is 0.790. The molecule has 0 bridgehead atoms. The Kier molecular flexibility index (Phi) is 5.17. The van der Waals surface area contributed by atoms with Gasteiger partial charge in [-0.05, 0) is 6.42 Å². The molecule has 0 spiro atoms. The SMILES string of the molecule is CCC1CN(C(=O)NC(CO)C(=O)O)CCO1. The van der Waals surface area contributed by atoms with Gasteiger partial charge in [0.05, 0.1) is 19.3 Å². The van der Waals surface area contributed by atoms with Gasteiger partial charge < -0.3 is 25.2 Å². The predicted molar refractivity (Wildman–Crippen MR) is 58.6 cm³/mol. The van der Waals surface area contributed by atoms with Gasteiger partial charge >= 0.3 is 12.0 Å². The van der Waals surface area contributed by atoms with Crippen molar-refractivity contribution in [2.24, 2.45) is 0 Å². The number of carboxylic acid groups (broad SMARTS) is 1. The number of urea groups is 1. The van der Waals surface area contributed by atoms with Crippen molar-refractivity contribution in [1.82, 2.24) is 10.2 Å². The summed E-state index contributed by atoms with van der Waals surface area (Å²) in [5, 5.41) is 19.8. The standard InChI is InChI=1S/C10H18N2O5/c1-2-7-5-12(3-4-17-7)10(16)11-8(6-13)9(14)15/h7-8,13H,2-6H2,1H3,(H,11,16)(H,14,15). The van der Waals surface area contributed by atoms with Gasteiger partial charge in [-0.1, -0.05) is 6.92 Å². The van der Waals surface area contributed by atoms with Crippen LogP contribution in [0.2, 0.25) is 0 Å². The summed E-state index contributed by atoms with van der Waals surface area (Å²) in [6, 6.07) is -1.74. The van der Waals surface area contributed by atoms with Crippen LogP contribution < -0.4 is 5.32 Å². The van der Waals surface area contributed by atoms with E-state index < -0.39 is 24.6 Å². The fraction of sp³-hybridized carbons (Fsp3) is 0.800. The molecule has 7 nitrogen and oxygen atoms in total. The number of nitrogens with one attached hydrogen (secondary N) is 1. The van der Waals surface area contributed by atoms with Crippen LogP contribution in [0.1, 0.15) is 13.3 Å². The van der Waals surface area contributed by atoms with E-state index in [9.17, 15) is 9.59 Å². The van der Waals surface area contributed by atoms with Crippen molar-refractivity contribution in [2.45, 2.75) is 25.5 Å². The summed E-state index contributed by atoms with van der Waals surface area (Å²) in [7, 11) is 0. The first-order chi connectivity index (χ1) is 8.08. The smallest absolute Gasteiger partial charge is 0.328 e. The van der Waals surface area contributed by atoms with Gasteiger partial charge in [-0.3, -0.25) is 0 Å². The summed E-state index contributed by atoms with van der Waals surface area (Å²) in [5.41, 5.74) is 0. The third-order valence-corrected chi connectivity index (χ3v) is 2.66. The highest BCUT2D eigenvalue weighted by Gasteiger charge is 2.26. The fourth-order valence-electron chi connectivity index (χ4n) is 1.58. The zero-order valence-corrected chi connectivity index (χ0v) is 9.76. The first kappa shape index (κ1) is 13.7. The quantitative estimate of drug-likeness (QED) is 0.606. The summed E-state index contributed by atoms with van der Waals surface area (Å²) in [5.74, 6) is -1.25. The zero-order chi connectivity index (χ0) is 12.8. The molecule has 0 aliphatic carbocycles. The minimum absolute atomic E-state index is 0.00750. The van der Waals surface area contributed by atoms with Gasteiger partial charge in [-0.2, -0.15) is 0 Å². The molecule has 1 aliphatic heterocycles. The fourth-order valence-corrected chi connectivity index (χ4v) is 1.58. The lowest BCUT2D eigenvalue weighted by atomic mass is 10.2. The van der Waals surface area contributed by atoms with Gasteiger partial charge in [0.2, 0.25) is 0 Å². The number of ether oxygens (including phenoxy) is 1. The van der Waals surface area contributed by atoms with Crippen molar-refractivity contribution in [3.05, 3.63) is 0 Å².